The van der Waals surface area contributed by atoms with Gasteiger partial charge in [0.05, 0.1) is 25.7 Å². The van der Waals surface area contributed by atoms with Crippen LogP contribution in [-0.2, 0) is 19.1 Å². The summed E-state index contributed by atoms with van der Waals surface area (Å²) in [4.78, 5) is 26.0. The molecular formula is C16H22LiNO6S. The maximum absolute atomic E-state index is 12.7. The number of nitrogens with one attached hydrogen (secondary N) is 1. The van der Waals surface area contributed by atoms with Crippen LogP contribution in [-0.4, -0.2) is 31.7 Å². The van der Waals surface area contributed by atoms with Gasteiger partial charge in [-0.2, -0.15) is 0 Å². The number of hydrogen-bond donors (Lipinski definition) is 1. The van der Waals surface area contributed by atoms with Gasteiger partial charge in [0.1, 0.15) is 0 Å². The van der Waals surface area contributed by atoms with Crippen molar-refractivity contribution in [3.63, 3.8) is 0 Å². The average Bonchev–Trinajstić information content (AvgIpc) is 3.04. The van der Waals surface area contributed by atoms with Gasteiger partial charge in [0.25, 0.3) is 0 Å². The molecule has 0 radical (unpaired) electrons. The Morgan fingerprint density at radius 1 is 1.32 bits per heavy atom. The van der Waals surface area contributed by atoms with Gasteiger partial charge in [0.15, 0.2) is 5.41 Å². The standard InChI is InChI=1S/C16H22NO6S.Li/c1-4-9-16(14(18)22-5-2,15(19)23-6-3)12(11-17(20)21)13-8-7-10-24-13;/h4,7-8,10,12,17H,1,5-6,9,11H2,2-3H3;/q-1;+1. The first-order valence-corrected chi connectivity index (χ1v) is 8.50. The fourth-order valence-electron chi connectivity index (χ4n) is 2.60. The molecule has 0 aliphatic carbocycles. The Balaban J connectivity index is 0.00000576. The molecule has 0 amide bonds. The summed E-state index contributed by atoms with van der Waals surface area (Å²) in [6.07, 6.45) is 1.30. The molecule has 0 spiro atoms. The number of ether oxygens (including phenoxy) is 2. The van der Waals surface area contributed by atoms with E-state index in [1.807, 2.05) is 0 Å². The molecule has 1 atom stereocenters. The van der Waals surface area contributed by atoms with Crippen molar-refractivity contribution in [2.75, 3.05) is 19.8 Å². The smallest absolute Gasteiger partial charge is 0.633 e. The maximum Gasteiger partial charge on any atom is 1.00 e. The van der Waals surface area contributed by atoms with Crippen LogP contribution < -0.4 is 24.1 Å². The third-order valence-electron chi connectivity index (χ3n) is 3.60. The van der Waals surface area contributed by atoms with Crippen molar-refractivity contribution < 1.29 is 43.1 Å². The first-order chi connectivity index (χ1) is 11.4. The SMILES string of the molecule is C=CCC(C(=O)OCC)(C(=O)OCC)C(C[NH+]([O-])[O-])c1cccs1.[Li+]. The van der Waals surface area contributed by atoms with Crippen LogP contribution in [0.4, 0.5) is 0 Å². The van der Waals surface area contributed by atoms with E-state index in [1.165, 1.54) is 17.4 Å². The quantitative estimate of drug-likeness (QED) is 0.177. The van der Waals surface area contributed by atoms with E-state index >= 15 is 0 Å². The van der Waals surface area contributed by atoms with Gasteiger partial charge in [0, 0.05) is 4.88 Å². The van der Waals surface area contributed by atoms with Crippen LogP contribution in [0.15, 0.2) is 30.2 Å². The Hall–Kier alpha value is -1.14. The van der Waals surface area contributed by atoms with Crippen molar-refractivity contribution in [2.45, 2.75) is 26.2 Å². The van der Waals surface area contributed by atoms with Gasteiger partial charge >= 0.3 is 30.8 Å². The second-order valence-electron chi connectivity index (χ2n) is 5.05. The number of thiophene rings is 1. The summed E-state index contributed by atoms with van der Waals surface area (Å²) in [6, 6.07) is 3.39. The summed E-state index contributed by atoms with van der Waals surface area (Å²) in [5.74, 6) is -2.59. The van der Waals surface area contributed by atoms with E-state index in [0.717, 1.165) is 0 Å². The molecule has 1 heterocycles. The van der Waals surface area contributed by atoms with Crippen LogP contribution in [0.1, 0.15) is 31.1 Å². The van der Waals surface area contributed by atoms with Crippen molar-refractivity contribution >= 4 is 23.3 Å². The predicted molar refractivity (Wildman–Crippen MR) is 90.1 cm³/mol. The van der Waals surface area contributed by atoms with Crippen molar-refractivity contribution in [1.82, 2.24) is 0 Å². The average molecular weight is 363 g/mol. The Morgan fingerprint density at radius 3 is 2.24 bits per heavy atom. The zero-order valence-electron chi connectivity index (χ0n) is 14.8. The maximum atomic E-state index is 12.7. The van der Waals surface area contributed by atoms with Crippen LogP contribution in [0.5, 0.6) is 0 Å². The summed E-state index contributed by atoms with van der Waals surface area (Å²) < 4.78 is 10.2. The molecule has 7 nitrogen and oxygen atoms in total. The summed E-state index contributed by atoms with van der Waals surface area (Å²) >= 11 is 1.26. The van der Waals surface area contributed by atoms with Gasteiger partial charge in [0.2, 0.25) is 0 Å². The van der Waals surface area contributed by atoms with E-state index in [4.69, 9.17) is 9.47 Å². The number of rotatable bonds is 10. The van der Waals surface area contributed by atoms with Crippen LogP contribution in [0, 0.1) is 15.8 Å². The first-order valence-electron chi connectivity index (χ1n) is 7.62. The van der Waals surface area contributed by atoms with Gasteiger partial charge in [-0.3, -0.25) is 9.59 Å². The first kappa shape index (κ1) is 23.9. The molecule has 9 heteroatoms. The Kier molecular flexibility index (Phi) is 10.9. The van der Waals surface area contributed by atoms with Gasteiger partial charge in [-0.25, -0.2) is 0 Å². The van der Waals surface area contributed by atoms with Crippen LogP contribution in [0.2, 0.25) is 0 Å². The molecule has 1 unspecified atom stereocenters. The Morgan fingerprint density at radius 2 is 1.88 bits per heavy atom. The fourth-order valence-corrected chi connectivity index (χ4v) is 3.52. The minimum absolute atomic E-state index is 0. The van der Waals surface area contributed by atoms with Crippen LogP contribution in [0.25, 0.3) is 0 Å². The molecule has 1 aromatic heterocycles. The van der Waals surface area contributed by atoms with E-state index in [-0.39, 0.29) is 38.5 Å². The number of allylic oxidation sites excluding steroid dienone is 1. The summed E-state index contributed by atoms with van der Waals surface area (Å²) in [5, 5.41) is 22.9. The minimum atomic E-state index is -1.81. The molecule has 0 aliphatic rings. The third kappa shape index (κ3) is 5.68. The second kappa shape index (κ2) is 11.5. The summed E-state index contributed by atoms with van der Waals surface area (Å²) in [6.45, 7) is 6.42. The topological polar surface area (TPSA) is 103 Å². The van der Waals surface area contributed by atoms with Crippen molar-refractivity contribution in [1.29, 1.82) is 0 Å². The molecule has 0 fully saturated rings. The van der Waals surface area contributed by atoms with E-state index in [1.54, 1.807) is 31.4 Å². The molecule has 0 saturated heterocycles. The number of quaternary nitrogens is 1. The number of esters is 2. The molecule has 25 heavy (non-hydrogen) atoms. The van der Waals surface area contributed by atoms with Gasteiger partial charge in [-0.05, 0) is 31.7 Å². The predicted octanol–water partition coefficient (Wildman–Crippen LogP) is -1.60. The molecular weight excluding hydrogens is 341 g/mol. The van der Waals surface area contributed by atoms with E-state index in [0.29, 0.717) is 4.88 Å². The van der Waals surface area contributed by atoms with E-state index in [9.17, 15) is 20.0 Å². The third-order valence-corrected chi connectivity index (χ3v) is 4.58. The zero-order valence-corrected chi connectivity index (χ0v) is 15.6. The number of hydroxylamine groups is 2. The molecule has 0 saturated carbocycles. The van der Waals surface area contributed by atoms with Gasteiger partial charge in [-0.1, -0.05) is 12.1 Å². The zero-order chi connectivity index (χ0) is 18.2. The monoisotopic (exact) mass is 363 g/mol. The fraction of sp³-hybridized carbons (Fsp3) is 0.500. The molecule has 1 rings (SSSR count). The van der Waals surface area contributed by atoms with Crippen LogP contribution in [0.3, 0.4) is 0 Å². The number of carbonyl (C=O) groups is 2. The summed E-state index contributed by atoms with van der Waals surface area (Å²) in [7, 11) is 0. The van der Waals surface area contributed by atoms with Gasteiger partial charge in [-0.15, -0.1) is 17.9 Å². The molecule has 1 N–H and O–H groups in total. The Labute approximate surface area is 163 Å². The van der Waals surface area contributed by atoms with Crippen LogP contribution >= 0.6 is 11.3 Å². The molecule has 134 valence electrons. The Bertz CT molecular complexity index is 531. The van der Waals surface area contributed by atoms with Crippen molar-refractivity contribution in [3.8, 4) is 0 Å². The van der Waals surface area contributed by atoms with Crippen molar-refractivity contribution in [3.05, 3.63) is 45.5 Å². The molecule has 0 bridgehead atoms. The molecule has 1 aromatic rings. The van der Waals surface area contributed by atoms with Crippen molar-refractivity contribution in [2.24, 2.45) is 5.41 Å². The molecule has 0 aromatic carbocycles. The second-order valence-corrected chi connectivity index (χ2v) is 6.03. The summed E-state index contributed by atoms with van der Waals surface area (Å²) in [5.41, 5.74) is -1.81. The normalized spacial score (nSPS) is 12.2. The van der Waals surface area contributed by atoms with E-state index in [2.05, 4.69) is 6.58 Å². The molecule has 0 aliphatic heterocycles. The minimum Gasteiger partial charge on any atom is -0.633 e. The number of hydrogen-bond acceptors (Lipinski definition) is 7. The van der Waals surface area contributed by atoms with Gasteiger partial charge < -0.3 is 25.1 Å². The number of carbonyl (C=O) groups excluding carboxylic acids is 2. The van der Waals surface area contributed by atoms with E-state index < -0.39 is 35.0 Å². The largest absolute Gasteiger partial charge is 1.00 e.